The lowest BCUT2D eigenvalue weighted by molar-refractivity contribution is 0.794. The standard InChI is InChI=1S/C67H44N2S/c1-4-18-48(19-5-1)68(49-20-6-2-7-21-49)51-36-32-45(33-37-51)47-42-58(66-57-27-12-16-30-62(57)67(63(66)43-47)60-28-14-10-24-54(60)55-25-11-15-29-61(55)67)46-34-38-52(39-35-46)69(50-22-8-3-9-23-50)53-40-41-65-59(44-53)56-26-13-17-31-64(56)70-65/h1-44H. The van der Waals surface area contributed by atoms with Crippen molar-refractivity contribution in [2.75, 3.05) is 9.80 Å². The van der Waals surface area contributed by atoms with Gasteiger partial charge in [0.1, 0.15) is 0 Å². The number of benzene rings is 11. The predicted molar refractivity (Wildman–Crippen MR) is 296 cm³/mol. The monoisotopic (exact) mass is 908 g/mol. The molecule has 0 radical (unpaired) electrons. The summed E-state index contributed by atoms with van der Waals surface area (Å²) in [6.45, 7) is 0. The van der Waals surface area contributed by atoms with E-state index in [-0.39, 0.29) is 0 Å². The second-order valence-electron chi connectivity index (χ2n) is 18.4. The number of anilines is 6. The Labute approximate surface area is 412 Å². The summed E-state index contributed by atoms with van der Waals surface area (Å²) >= 11 is 1.86. The Kier molecular flexibility index (Phi) is 9.33. The highest BCUT2D eigenvalue weighted by Crippen LogP contribution is 2.64. The second-order valence-corrected chi connectivity index (χ2v) is 19.5. The van der Waals surface area contributed by atoms with E-state index >= 15 is 0 Å². The number of fused-ring (bicyclic) bond motifs is 13. The first kappa shape index (κ1) is 40.3. The van der Waals surface area contributed by atoms with Crippen LogP contribution in [0.15, 0.2) is 267 Å². The fourth-order valence-electron chi connectivity index (χ4n) is 11.7. The number of hydrogen-bond donors (Lipinski definition) is 0. The maximum atomic E-state index is 2.51. The molecule has 1 aromatic heterocycles. The van der Waals surface area contributed by atoms with Crippen LogP contribution in [0.25, 0.3) is 64.7 Å². The molecule has 2 aliphatic carbocycles. The van der Waals surface area contributed by atoms with E-state index < -0.39 is 5.41 Å². The first-order valence-corrected chi connectivity index (χ1v) is 24.9. The molecule has 1 heterocycles. The van der Waals surface area contributed by atoms with Gasteiger partial charge in [-0.3, -0.25) is 0 Å². The van der Waals surface area contributed by atoms with Crippen LogP contribution in [-0.4, -0.2) is 0 Å². The summed E-state index contributed by atoms with van der Waals surface area (Å²) < 4.78 is 2.61. The third-order valence-electron chi connectivity index (χ3n) is 14.7. The third kappa shape index (κ3) is 6.19. The maximum Gasteiger partial charge on any atom is 0.0725 e. The lowest BCUT2D eigenvalue weighted by atomic mass is 9.70. The average Bonchev–Trinajstić information content (AvgIpc) is 4.06. The van der Waals surface area contributed by atoms with E-state index in [1.807, 2.05) is 11.3 Å². The van der Waals surface area contributed by atoms with Gasteiger partial charge in [0.15, 0.2) is 0 Å². The van der Waals surface area contributed by atoms with Gasteiger partial charge in [-0.2, -0.15) is 0 Å². The highest BCUT2D eigenvalue weighted by atomic mass is 32.1. The van der Waals surface area contributed by atoms with Gasteiger partial charge in [0.05, 0.1) is 5.41 Å². The molecule has 0 saturated carbocycles. The minimum Gasteiger partial charge on any atom is -0.311 e. The molecule has 0 amide bonds. The van der Waals surface area contributed by atoms with Crippen LogP contribution in [0.3, 0.4) is 0 Å². The molecule has 0 N–H and O–H groups in total. The first-order chi connectivity index (χ1) is 34.7. The highest BCUT2D eigenvalue weighted by Gasteiger charge is 2.52. The van der Waals surface area contributed by atoms with Gasteiger partial charge in [-0.15, -0.1) is 11.3 Å². The maximum absolute atomic E-state index is 2.51. The normalized spacial score (nSPS) is 12.7. The number of para-hydroxylation sites is 3. The molecule has 2 aliphatic rings. The summed E-state index contributed by atoms with van der Waals surface area (Å²) in [6.07, 6.45) is 0. The zero-order valence-electron chi connectivity index (χ0n) is 38.2. The smallest absolute Gasteiger partial charge is 0.0725 e. The van der Waals surface area contributed by atoms with Crippen molar-refractivity contribution in [3.05, 3.63) is 289 Å². The Morgan fingerprint density at radius 1 is 0.257 bits per heavy atom. The minimum absolute atomic E-state index is 0.490. The minimum atomic E-state index is -0.490. The van der Waals surface area contributed by atoms with Crippen molar-refractivity contribution in [1.82, 2.24) is 0 Å². The van der Waals surface area contributed by atoms with E-state index in [0.717, 1.165) is 34.1 Å². The van der Waals surface area contributed by atoms with Crippen molar-refractivity contribution >= 4 is 65.6 Å². The Bertz CT molecular complexity index is 3850. The summed E-state index contributed by atoms with van der Waals surface area (Å²) in [4.78, 5) is 4.72. The summed E-state index contributed by atoms with van der Waals surface area (Å²) in [5.41, 5.74) is 21.5. The summed E-state index contributed by atoms with van der Waals surface area (Å²) in [5, 5.41) is 2.58. The fourth-order valence-corrected chi connectivity index (χ4v) is 12.8. The molecule has 12 aromatic rings. The van der Waals surface area contributed by atoms with Crippen LogP contribution in [-0.2, 0) is 5.41 Å². The predicted octanol–water partition coefficient (Wildman–Crippen LogP) is 18.7. The second kappa shape index (κ2) is 16.2. The van der Waals surface area contributed by atoms with Crippen molar-refractivity contribution in [3.8, 4) is 44.5 Å². The summed E-state index contributed by atoms with van der Waals surface area (Å²) in [5.74, 6) is 0. The molecule has 0 fully saturated rings. The van der Waals surface area contributed by atoms with Gasteiger partial charge in [0, 0.05) is 54.3 Å². The molecule has 2 nitrogen and oxygen atoms in total. The number of rotatable bonds is 8. The SMILES string of the molecule is c1ccc(N(c2ccccc2)c2ccc(-c3cc(-c4ccc(N(c5ccccc5)c5ccc6sc7ccccc7c6c5)cc4)c4c(c3)C3(c5ccccc5-c5ccccc53)c3ccccc3-4)cc2)cc1. The molecule has 0 atom stereocenters. The van der Waals surface area contributed by atoms with E-state index in [1.54, 1.807) is 0 Å². The molecular weight excluding hydrogens is 865 g/mol. The van der Waals surface area contributed by atoms with Crippen LogP contribution in [0.4, 0.5) is 34.1 Å². The Balaban J connectivity index is 0.966. The Morgan fingerprint density at radius 2 is 0.686 bits per heavy atom. The number of hydrogen-bond acceptors (Lipinski definition) is 3. The molecule has 3 heteroatoms. The molecule has 1 spiro atoms. The first-order valence-electron chi connectivity index (χ1n) is 24.1. The molecule has 0 bridgehead atoms. The van der Waals surface area contributed by atoms with Crippen LogP contribution < -0.4 is 9.80 Å². The van der Waals surface area contributed by atoms with Gasteiger partial charge in [0.2, 0.25) is 0 Å². The summed E-state index contributed by atoms with van der Waals surface area (Å²) in [6, 6.07) is 98.5. The molecule has 0 saturated heterocycles. The molecule has 0 unspecified atom stereocenters. The lowest BCUT2D eigenvalue weighted by Gasteiger charge is -2.31. The molecular formula is C67H44N2S. The van der Waals surface area contributed by atoms with Gasteiger partial charge in [-0.1, -0.05) is 170 Å². The van der Waals surface area contributed by atoms with Crippen LogP contribution in [0.5, 0.6) is 0 Å². The van der Waals surface area contributed by atoms with Gasteiger partial charge in [0.25, 0.3) is 0 Å². The van der Waals surface area contributed by atoms with E-state index in [9.17, 15) is 0 Å². The van der Waals surface area contributed by atoms with Crippen LogP contribution >= 0.6 is 11.3 Å². The highest BCUT2D eigenvalue weighted by molar-refractivity contribution is 7.25. The van der Waals surface area contributed by atoms with E-state index in [0.29, 0.717) is 0 Å². The van der Waals surface area contributed by atoms with Crippen molar-refractivity contribution in [1.29, 1.82) is 0 Å². The van der Waals surface area contributed by atoms with Crippen molar-refractivity contribution < 1.29 is 0 Å². The number of thiophene rings is 1. The molecule has 0 aliphatic heterocycles. The van der Waals surface area contributed by atoms with E-state index in [1.165, 1.54) is 86.9 Å². The third-order valence-corrected chi connectivity index (χ3v) is 15.8. The topological polar surface area (TPSA) is 6.48 Å². The Hall–Kier alpha value is -8.76. The van der Waals surface area contributed by atoms with Crippen LogP contribution in [0.1, 0.15) is 22.3 Å². The van der Waals surface area contributed by atoms with Crippen LogP contribution in [0.2, 0.25) is 0 Å². The zero-order valence-corrected chi connectivity index (χ0v) is 39.0. The van der Waals surface area contributed by atoms with Crippen molar-refractivity contribution in [2.45, 2.75) is 5.41 Å². The quantitative estimate of drug-likeness (QED) is 0.150. The van der Waals surface area contributed by atoms with Crippen molar-refractivity contribution in [3.63, 3.8) is 0 Å². The van der Waals surface area contributed by atoms with Gasteiger partial charge in [-0.05, 0) is 164 Å². The van der Waals surface area contributed by atoms with Gasteiger partial charge in [-0.25, -0.2) is 0 Å². The van der Waals surface area contributed by atoms with Gasteiger partial charge >= 0.3 is 0 Å². The molecule has 70 heavy (non-hydrogen) atoms. The largest absolute Gasteiger partial charge is 0.311 e. The van der Waals surface area contributed by atoms with Crippen LogP contribution in [0, 0.1) is 0 Å². The number of nitrogens with zero attached hydrogens (tertiary/aromatic N) is 2. The van der Waals surface area contributed by atoms with Crippen molar-refractivity contribution in [2.24, 2.45) is 0 Å². The molecule has 14 rings (SSSR count). The Morgan fingerprint density at radius 3 is 1.27 bits per heavy atom. The fraction of sp³-hybridized carbons (Fsp3) is 0.0149. The average molecular weight is 909 g/mol. The molecule has 328 valence electrons. The van der Waals surface area contributed by atoms with E-state index in [4.69, 9.17) is 0 Å². The molecule has 11 aromatic carbocycles. The lowest BCUT2D eigenvalue weighted by Crippen LogP contribution is -2.25. The zero-order chi connectivity index (χ0) is 46.2. The van der Waals surface area contributed by atoms with E-state index in [2.05, 4.69) is 277 Å². The van der Waals surface area contributed by atoms with Gasteiger partial charge < -0.3 is 9.80 Å². The summed E-state index contributed by atoms with van der Waals surface area (Å²) in [7, 11) is 0.